The van der Waals surface area contributed by atoms with Crippen molar-refractivity contribution in [1.29, 1.82) is 0 Å². The standard InChI is InChI=1S/C13H11N3O6S/c17-8-3-6(1-2-7(8)12(21)22)5-14-16-13-15-11(20)9(23-13)4-10(18)19/h1-3,5,9,17H,4H2,(H,18,19)(H,21,22)(H,15,16,20). The van der Waals surface area contributed by atoms with Gasteiger partial charge in [0.05, 0.1) is 12.6 Å². The molecule has 1 aromatic carbocycles. The summed E-state index contributed by atoms with van der Waals surface area (Å²) in [7, 11) is 0. The maximum Gasteiger partial charge on any atom is 0.339 e. The fourth-order valence-electron chi connectivity index (χ4n) is 1.70. The zero-order chi connectivity index (χ0) is 17.0. The number of hydrogen-bond acceptors (Lipinski definition) is 7. The number of carboxylic acid groups (broad SMARTS) is 2. The summed E-state index contributed by atoms with van der Waals surface area (Å²) < 4.78 is 0. The van der Waals surface area contributed by atoms with E-state index in [2.05, 4.69) is 15.5 Å². The molecule has 120 valence electrons. The van der Waals surface area contributed by atoms with Crippen LogP contribution in [0.25, 0.3) is 0 Å². The molecular formula is C13H11N3O6S. The first-order valence-corrected chi connectivity index (χ1v) is 7.11. The van der Waals surface area contributed by atoms with Gasteiger partial charge in [-0.3, -0.25) is 9.59 Å². The van der Waals surface area contributed by atoms with Gasteiger partial charge in [-0.2, -0.15) is 5.10 Å². The van der Waals surface area contributed by atoms with E-state index in [0.717, 1.165) is 11.8 Å². The molecule has 1 heterocycles. The fourth-order valence-corrected chi connectivity index (χ4v) is 2.62. The van der Waals surface area contributed by atoms with Crippen LogP contribution in [0.5, 0.6) is 5.75 Å². The quantitative estimate of drug-likeness (QED) is 0.451. The average molecular weight is 337 g/mol. The summed E-state index contributed by atoms with van der Waals surface area (Å²) in [6.45, 7) is 0. The molecule has 1 aliphatic heterocycles. The Kier molecular flexibility index (Phi) is 4.96. The van der Waals surface area contributed by atoms with E-state index in [0.29, 0.717) is 5.56 Å². The lowest BCUT2D eigenvalue weighted by Gasteiger charge is -1.99. The third-order valence-corrected chi connectivity index (χ3v) is 3.82. The number of nitrogens with one attached hydrogen (secondary N) is 1. The minimum absolute atomic E-state index is 0.170. The Morgan fingerprint density at radius 3 is 2.70 bits per heavy atom. The third-order valence-electron chi connectivity index (χ3n) is 2.74. The summed E-state index contributed by atoms with van der Waals surface area (Å²) in [6, 6.07) is 3.86. The monoisotopic (exact) mass is 337 g/mol. The van der Waals surface area contributed by atoms with Crippen molar-refractivity contribution in [2.24, 2.45) is 10.2 Å². The Hall–Kier alpha value is -2.88. The van der Waals surface area contributed by atoms with Gasteiger partial charge in [-0.1, -0.05) is 17.8 Å². The maximum atomic E-state index is 11.5. The van der Waals surface area contributed by atoms with E-state index in [1.807, 2.05) is 0 Å². The highest BCUT2D eigenvalue weighted by molar-refractivity contribution is 8.15. The number of amidine groups is 1. The maximum absolute atomic E-state index is 11.5. The van der Waals surface area contributed by atoms with E-state index in [1.54, 1.807) is 0 Å². The van der Waals surface area contributed by atoms with Crippen molar-refractivity contribution in [3.8, 4) is 5.75 Å². The highest BCUT2D eigenvalue weighted by atomic mass is 32.2. The molecule has 0 aromatic heterocycles. The molecule has 1 aliphatic rings. The van der Waals surface area contributed by atoms with Crippen molar-refractivity contribution in [2.45, 2.75) is 11.7 Å². The summed E-state index contributed by atoms with van der Waals surface area (Å²) in [5.41, 5.74) is 0.178. The highest BCUT2D eigenvalue weighted by Gasteiger charge is 2.32. The molecule has 4 N–H and O–H groups in total. The second-order valence-corrected chi connectivity index (χ2v) is 5.62. The third kappa shape index (κ3) is 4.30. The predicted molar refractivity (Wildman–Crippen MR) is 81.9 cm³/mol. The van der Waals surface area contributed by atoms with Crippen LogP contribution in [0.15, 0.2) is 28.4 Å². The Labute approximate surface area is 133 Å². The van der Waals surface area contributed by atoms with E-state index in [-0.39, 0.29) is 17.2 Å². The van der Waals surface area contributed by atoms with Gasteiger partial charge < -0.3 is 20.6 Å². The Bertz CT molecular complexity index is 730. The number of thioether (sulfide) groups is 1. The van der Waals surface area contributed by atoms with Crippen LogP contribution < -0.4 is 5.32 Å². The summed E-state index contributed by atoms with van der Waals surface area (Å²) in [5, 5.41) is 36.3. The Balaban J connectivity index is 2.04. The zero-order valence-electron chi connectivity index (χ0n) is 11.5. The molecule has 9 nitrogen and oxygen atoms in total. The van der Waals surface area contributed by atoms with E-state index in [1.165, 1.54) is 24.4 Å². The van der Waals surface area contributed by atoms with Crippen LogP contribution in [-0.2, 0) is 9.59 Å². The molecule has 0 saturated carbocycles. The molecule has 1 unspecified atom stereocenters. The predicted octanol–water partition coefficient (Wildman–Crippen LogP) is 0.487. The van der Waals surface area contributed by atoms with Crippen molar-refractivity contribution in [1.82, 2.24) is 5.32 Å². The number of aromatic hydroxyl groups is 1. The van der Waals surface area contributed by atoms with Crippen LogP contribution in [-0.4, -0.2) is 49.8 Å². The summed E-state index contributed by atoms with van der Waals surface area (Å²) in [6.07, 6.45) is 0.944. The molecule has 1 atom stereocenters. The summed E-state index contributed by atoms with van der Waals surface area (Å²) in [5.74, 6) is -3.19. The summed E-state index contributed by atoms with van der Waals surface area (Å²) in [4.78, 5) is 32.8. The number of aliphatic carboxylic acids is 1. The number of carbonyl (C=O) groups excluding carboxylic acids is 1. The van der Waals surface area contributed by atoms with Crippen LogP contribution in [0.3, 0.4) is 0 Å². The second-order valence-electron chi connectivity index (χ2n) is 4.43. The number of carboxylic acids is 2. The van der Waals surface area contributed by atoms with Crippen LogP contribution in [0.2, 0.25) is 0 Å². The van der Waals surface area contributed by atoms with Gasteiger partial charge in [0.25, 0.3) is 0 Å². The van der Waals surface area contributed by atoms with Crippen LogP contribution >= 0.6 is 11.8 Å². The molecule has 0 spiro atoms. The van der Waals surface area contributed by atoms with Gasteiger partial charge in [-0.15, -0.1) is 5.10 Å². The Morgan fingerprint density at radius 2 is 2.09 bits per heavy atom. The minimum Gasteiger partial charge on any atom is -0.507 e. The normalized spacial score (nSPS) is 19.2. The topological polar surface area (TPSA) is 149 Å². The molecule has 1 saturated heterocycles. The average Bonchev–Trinajstić information content (AvgIpc) is 2.78. The fraction of sp³-hybridized carbons (Fsp3) is 0.154. The number of rotatable bonds is 5. The van der Waals surface area contributed by atoms with Crippen LogP contribution in [0.4, 0.5) is 0 Å². The smallest absolute Gasteiger partial charge is 0.339 e. The lowest BCUT2D eigenvalue weighted by Crippen LogP contribution is -2.26. The summed E-state index contributed by atoms with van der Waals surface area (Å²) >= 11 is 0.959. The number of benzene rings is 1. The second kappa shape index (κ2) is 6.92. The molecule has 10 heteroatoms. The first kappa shape index (κ1) is 16.5. The molecule has 0 radical (unpaired) electrons. The van der Waals surface area contributed by atoms with E-state index < -0.39 is 28.8 Å². The van der Waals surface area contributed by atoms with Crippen molar-refractivity contribution < 1.29 is 29.7 Å². The molecule has 1 fully saturated rings. The molecule has 0 aliphatic carbocycles. The molecule has 1 amide bonds. The number of aromatic carboxylic acids is 1. The number of hydrogen-bond donors (Lipinski definition) is 4. The first-order chi connectivity index (χ1) is 10.9. The number of phenols is 1. The van der Waals surface area contributed by atoms with Gasteiger partial charge in [-0.05, 0) is 17.7 Å². The van der Waals surface area contributed by atoms with Crippen molar-refractivity contribution in [3.05, 3.63) is 29.3 Å². The number of nitrogens with zero attached hydrogens (tertiary/aromatic N) is 2. The molecule has 23 heavy (non-hydrogen) atoms. The molecule has 1 aromatic rings. The van der Waals surface area contributed by atoms with E-state index >= 15 is 0 Å². The van der Waals surface area contributed by atoms with E-state index in [9.17, 15) is 19.5 Å². The lowest BCUT2D eigenvalue weighted by atomic mass is 10.1. The minimum atomic E-state index is -1.25. The molecule has 2 rings (SSSR count). The van der Waals surface area contributed by atoms with Gasteiger partial charge in [-0.25, -0.2) is 4.79 Å². The van der Waals surface area contributed by atoms with Crippen LogP contribution in [0, 0.1) is 0 Å². The highest BCUT2D eigenvalue weighted by Crippen LogP contribution is 2.22. The van der Waals surface area contributed by atoms with Crippen molar-refractivity contribution in [3.63, 3.8) is 0 Å². The van der Waals surface area contributed by atoms with Gasteiger partial charge in [0.15, 0.2) is 5.17 Å². The molecule has 0 bridgehead atoms. The zero-order valence-corrected chi connectivity index (χ0v) is 12.3. The van der Waals surface area contributed by atoms with E-state index in [4.69, 9.17) is 10.2 Å². The largest absolute Gasteiger partial charge is 0.507 e. The first-order valence-electron chi connectivity index (χ1n) is 6.23. The van der Waals surface area contributed by atoms with Gasteiger partial charge in [0.1, 0.15) is 16.6 Å². The molecular weight excluding hydrogens is 326 g/mol. The van der Waals surface area contributed by atoms with Crippen molar-refractivity contribution in [2.75, 3.05) is 0 Å². The van der Waals surface area contributed by atoms with Gasteiger partial charge in [0.2, 0.25) is 5.91 Å². The van der Waals surface area contributed by atoms with Gasteiger partial charge >= 0.3 is 11.9 Å². The SMILES string of the molecule is O=C(O)CC1SC(=NN=Cc2ccc(C(=O)O)c(O)c2)NC1=O. The van der Waals surface area contributed by atoms with Crippen molar-refractivity contribution >= 4 is 41.0 Å². The lowest BCUT2D eigenvalue weighted by molar-refractivity contribution is -0.138. The van der Waals surface area contributed by atoms with Gasteiger partial charge in [0, 0.05) is 0 Å². The number of amides is 1. The Morgan fingerprint density at radius 1 is 1.35 bits per heavy atom. The number of carbonyl (C=O) groups is 3. The van der Waals surface area contributed by atoms with Crippen LogP contribution in [0.1, 0.15) is 22.3 Å².